The van der Waals surface area contributed by atoms with Crippen LogP contribution in [0.25, 0.3) is 0 Å². The number of ether oxygens (including phenoxy) is 2. The second-order valence-electron chi connectivity index (χ2n) is 5.03. The first kappa shape index (κ1) is 20.8. The van der Waals surface area contributed by atoms with Gasteiger partial charge in [-0.3, -0.25) is 9.79 Å². The van der Waals surface area contributed by atoms with Gasteiger partial charge in [-0.05, 0) is 37.8 Å². The second kappa shape index (κ2) is 12.1. The molecule has 0 aliphatic heterocycles. The first-order chi connectivity index (χ1) is 12.1. The van der Waals surface area contributed by atoms with Gasteiger partial charge in [0, 0.05) is 17.5 Å². The summed E-state index contributed by atoms with van der Waals surface area (Å²) in [6, 6.07) is 7.96. The molecule has 25 heavy (non-hydrogen) atoms. The molecule has 1 rings (SSSR count). The molecule has 0 aromatic heterocycles. The van der Waals surface area contributed by atoms with E-state index in [-0.39, 0.29) is 5.97 Å². The molecule has 0 saturated carbocycles. The third-order valence-electron chi connectivity index (χ3n) is 3.36. The van der Waals surface area contributed by atoms with Crippen molar-refractivity contribution in [2.75, 3.05) is 20.0 Å². The van der Waals surface area contributed by atoms with Gasteiger partial charge in [0.2, 0.25) is 0 Å². The minimum atomic E-state index is -0.218. The first-order valence-corrected chi connectivity index (χ1v) is 9.20. The highest BCUT2D eigenvalue weighted by Gasteiger charge is 2.01. The monoisotopic (exact) mass is 359 g/mol. The van der Waals surface area contributed by atoms with E-state index >= 15 is 0 Å². The van der Waals surface area contributed by atoms with E-state index in [1.165, 1.54) is 7.11 Å². The molecule has 1 aromatic rings. The summed E-state index contributed by atoms with van der Waals surface area (Å²) < 4.78 is 10.2. The number of carbonyl (C=O) groups is 1. The molecule has 0 fully saturated rings. The van der Waals surface area contributed by atoms with Crippen molar-refractivity contribution in [1.82, 2.24) is 0 Å². The standard InChI is InChI=1S/C20H25NO3S/c1-5-17(12-13-20(22)23-3)11-10-16(2)24-15-14-21-18-8-6-7-9-19(18)25-4/h5-11,14H,2,12-13,15H2,1,3-4H3/b11-10-,17-5+,21-14?. The summed E-state index contributed by atoms with van der Waals surface area (Å²) in [6.45, 7) is 6.13. The fourth-order valence-corrected chi connectivity index (χ4v) is 2.48. The zero-order chi connectivity index (χ0) is 18.5. The van der Waals surface area contributed by atoms with Crippen molar-refractivity contribution in [2.45, 2.75) is 24.7 Å². The Hall–Kier alpha value is -2.27. The SMILES string of the molecule is C=C(/C=C\C(=C/C)CCC(=O)OC)OCC=Nc1ccccc1SC. The van der Waals surface area contributed by atoms with Crippen LogP contribution in [-0.4, -0.2) is 32.2 Å². The fraction of sp³-hybridized carbons (Fsp3) is 0.300. The molecule has 4 nitrogen and oxygen atoms in total. The van der Waals surface area contributed by atoms with Gasteiger partial charge in [-0.1, -0.05) is 36.4 Å². The smallest absolute Gasteiger partial charge is 0.305 e. The Labute approximate surface area is 154 Å². The molecule has 1 aromatic carbocycles. The van der Waals surface area contributed by atoms with Crippen molar-refractivity contribution in [2.24, 2.45) is 4.99 Å². The Morgan fingerprint density at radius 2 is 2.04 bits per heavy atom. The fourth-order valence-electron chi connectivity index (χ4n) is 1.94. The van der Waals surface area contributed by atoms with Gasteiger partial charge < -0.3 is 9.47 Å². The third kappa shape index (κ3) is 8.40. The number of hydrogen-bond acceptors (Lipinski definition) is 5. The quantitative estimate of drug-likeness (QED) is 0.192. The van der Waals surface area contributed by atoms with Crippen LogP contribution < -0.4 is 0 Å². The maximum atomic E-state index is 11.2. The summed E-state index contributed by atoms with van der Waals surface area (Å²) in [5, 5.41) is 0. The Morgan fingerprint density at radius 3 is 2.72 bits per heavy atom. The van der Waals surface area contributed by atoms with Gasteiger partial charge in [-0.15, -0.1) is 11.8 Å². The summed E-state index contributed by atoms with van der Waals surface area (Å²) >= 11 is 1.66. The van der Waals surface area contributed by atoms with E-state index in [4.69, 9.17) is 4.74 Å². The number of para-hydroxylation sites is 1. The molecule has 0 bridgehead atoms. The van der Waals surface area contributed by atoms with E-state index in [0.29, 0.717) is 25.2 Å². The molecule has 0 heterocycles. The average molecular weight is 359 g/mol. The molecular formula is C20H25NO3S. The number of benzene rings is 1. The molecular weight excluding hydrogens is 334 g/mol. The van der Waals surface area contributed by atoms with Gasteiger partial charge in [0.15, 0.2) is 0 Å². The first-order valence-electron chi connectivity index (χ1n) is 7.98. The highest BCUT2D eigenvalue weighted by atomic mass is 32.2. The molecule has 0 radical (unpaired) electrons. The molecule has 0 aliphatic carbocycles. The molecule has 0 unspecified atom stereocenters. The van der Waals surface area contributed by atoms with Gasteiger partial charge in [0.1, 0.15) is 12.4 Å². The minimum Gasteiger partial charge on any atom is -0.489 e. The van der Waals surface area contributed by atoms with Crippen LogP contribution in [-0.2, 0) is 14.3 Å². The molecule has 5 heteroatoms. The highest BCUT2D eigenvalue weighted by Crippen LogP contribution is 2.26. The molecule has 134 valence electrons. The number of hydrogen-bond donors (Lipinski definition) is 0. The van der Waals surface area contributed by atoms with Crippen LogP contribution in [0, 0.1) is 0 Å². The number of carbonyl (C=O) groups excluding carboxylic acids is 1. The largest absolute Gasteiger partial charge is 0.489 e. The van der Waals surface area contributed by atoms with E-state index in [0.717, 1.165) is 16.2 Å². The topological polar surface area (TPSA) is 47.9 Å². The van der Waals surface area contributed by atoms with Crippen molar-refractivity contribution < 1.29 is 14.3 Å². The van der Waals surface area contributed by atoms with Gasteiger partial charge in [0.05, 0.1) is 12.8 Å². The summed E-state index contributed by atoms with van der Waals surface area (Å²) in [7, 11) is 1.39. The number of thioether (sulfide) groups is 1. The zero-order valence-electron chi connectivity index (χ0n) is 15.0. The van der Waals surface area contributed by atoms with Crippen molar-refractivity contribution >= 4 is 29.6 Å². The van der Waals surface area contributed by atoms with Crippen LogP contribution in [0.1, 0.15) is 19.8 Å². The van der Waals surface area contributed by atoms with E-state index in [1.807, 2.05) is 49.6 Å². The lowest BCUT2D eigenvalue weighted by Crippen LogP contribution is -1.99. The van der Waals surface area contributed by atoms with E-state index in [2.05, 4.69) is 16.3 Å². The van der Waals surface area contributed by atoms with Gasteiger partial charge in [-0.2, -0.15) is 0 Å². The number of allylic oxidation sites excluding steroid dienone is 4. The van der Waals surface area contributed by atoms with Crippen LogP contribution in [0.5, 0.6) is 0 Å². The third-order valence-corrected chi connectivity index (χ3v) is 4.14. The predicted octanol–water partition coefficient (Wildman–Crippen LogP) is 5.10. The number of aliphatic imine (C=N–C) groups is 1. The van der Waals surface area contributed by atoms with Crippen LogP contribution >= 0.6 is 11.8 Å². The van der Waals surface area contributed by atoms with Crippen molar-refractivity contribution in [3.05, 3.63) is 60.4 Å². The van der Waals surface area contributed by atoms with Crippen LogP contribution in [0.2, 0.25) is 0 Å². The maximum absolute atomic E-state index is 11.2. The lowest BCUT2D eigenvalue weighted by atomic mass is 10.1. The zero-order valence-corrected chi connectivity index (χ0v) is 15.8. The second-order valence-corrected chi connectivity index (χ2v) is 5.88. The maximum Gasteiger partial charge on any atom is 0.305 e. The highest BCUT2D eigenvalue weighted by molar-refractivity contribution is 7.98. The number of methoxy groups -OCH3 is 1. The lowest BCUT2D eigenvalue weighted by Gasteiger charge is -2.04. The normalized spacial score (nSPS) is 11.9. The molecule has 0 amide bonds. The molecule has 0 spiro atoms. The summed E-state index contributed by atoms with van der Waals surface area (Å²) in [5.41, 5.74) is 1.96. The number of rotatable bonds is 10. The Balaban J connectivity index is 2.43. The van der Waals surface area contributed by atoms with Crippen LogP contribution in [0.4, 0.5) is 5.69 Å². The number of nitrogens with zero attached hydrogens (tertiary/aromatic N) is 1. The summed E-state index contributed by atoms with van der Waals surface area (Å²) in [6.07, 6.45) is 10.4. The van der Waals surface area contributed by atoms with Crippen molar-refractivity contribution in [1.29, 1.82) is 0 Å². The summed E-state index contributed by atoms with van der Waals surface area (Å²) in [4.78, 5) is 16.7. The van der Waals surface area contributed by atoms with Crippen LogP contribution in [0.15, 0.2) is 70.3 Å². The molecule has 0 aliphatic rings. The Bertz CT molecular complexity index is 663. The molecule has 0 saturated heterocycles. The van der Waals surface area contributed by atoms with E-state index in [9.17, 15) is 4.79 Å². The summed E-state index contributed by atoms with van der Waals surface area (Å²) in [5.74, 6) is 0.326. The Kier molecular flexibility index (Phi) is 10.1. The predicted molar refractivity (Wildman–Crippen MR) is 106 cm³/mol. The minimum absolute atomic E-state index is 0.218. The van der Waals surface area contributed by atoms with Crippen molar-refractivity contribution in [3.63, 3.8) is 0 Å². The van der Waals surface area contributed by atoms with E-state index < -0.39 is 0 Å². The number of esters is 1. The van der Waals surface area contributed by atoms with E-state index in [1.54, 1.807) is 24.1 Å². The van der Waals surface area contributed by atoms with Gasteiger partial charge in [-0.25, -0.2) is 0 Å². The van der Waals surface area contributed by atoms with Gasteiger partial charge in [0.25, 0.3) is 0 Å². The van der Waals surface area contributed by atoms with Crippen molar-refractivity contribution in [3.8, 4) is 0 Å². The van der Waals surface area contributed by atoms with Crippen LogP contribution in [0.3, 0.4) is 0 Å². The van der Waals surface area contributed by atoms with Gasteiger partial charge >= 0.3 is 5.97 Å². The molecule has 0 N–H and O–H groups in total. The average Bonchev–Trinajstić information content (AvgIpc) is 2.65. The Morgan fingerprint density at radius 1 is 1.28 bits per heavy atom. The molecule has 0 atom stereocenters. The lowest BCUT2D eigenvalue weighted by molar-refractivity contribution is -0.140.